The molecule has 3 nitrogen and oxygen atoms in total. The number of hydrogen-bond donors (Lipinski definition) is 0. The Balaban J connectivity index is 1.87. The second kappa shape index (κ2) is 5.70. The molecule has 0 aliphatic carbocycles. The van der Waals surface area contributed by atoms with E-state index in [-0.39, 0.29) is 5.92 Å². The van der Waals surface area contributed by atoms with Gasteiger partial charge in [0.05, 0.1) is 6.54 Å². The second-order valence-electron chi connectivity index (χ2n) is 4.91. The Morgan fingerprint density at radius 3 is 2.65 bits per heavy atom. The van der Waals surface area contributed by atoms with Gasteiger partial charge in [-0.3, -0.25) is 4.98 Å². The number of nitrogens with zero attached hydrogens (tertiary/aromatic N) is 3. The minimum absolute atomic E-state index is 0.280. The van der Waals surface area contributed by atoms with E-state index >= 15 is 0 Å². The fraction of sp³-hybridized carbons (Fsp3) is 0.176. The first-order valence-corrected chi connectivity index (χ1v) is 6.79. The summed E-state index contributed by atoms with van der Waals surface area (Å²) in [5.41, 5.74) is 2.47. The first-order chi connectivity index (χ1) is 9.84. The molecule has 0 saturated carbocycles. The lowest BCUT2D eigenvalue weighted by atomic mass is 10.0. The first-order valence-electron chi connectivity index (χ1n) is 6.79. The van der Waals surface area contributed by atoms with Crippen LogP contribution < -0.4 is 0 Å². The van der Waals surface area contributed by atoms with Crippen molar-refractivity contribution in [1.29, 1.82) is 0 Å². The van der Waals surface area contributed by atoms with E-state index in [2.05, 4.69) is 51.8 Å². The maximum Gasteiger partial charge on any atom is 0.116 e. The quantitative estimate of drug-likeness (QED) is 0.721. The lowest BCUT2D eigenvalue weighted by molar-refractivity contribution is 0.688. The third-order valence-corrected chi connectivity index (χ3v) is 3.51. The lowest BCUT2D eigenvalue weighted by Crippen LogP contribution is -2.08. The van der Waals surface area contributed by atoms with E-state index in [9.17, 15) is 0 Å². The van der Waals surface area contributed by atoms with Crippen LogP contribution in [0.5, 0.6) is 0 Å². The number of imidazole rings is 1. The van der Waals surface area contributed by atoms with Gasteiger partial charge in [0.1, 0.15) is 5.82 Å². The van der Waals surface area contributed by atoms with Crippen molar-refractivity contribution in [2.75, 3.05) is 0 Å². The van der Waals surface area contributed by atoms with Crippen LogP contribution in [0.2, 0.25) is 0 Å². The maximum absolute atomic E-state index is 4.53. The SMILES string of the molecule is C[C@H](c1ccccc1)c1nccn1Cc1cccnc1. The summed E-state index contributed by atoms with van der Waals surface area (Å²) in [5, 5.41) is 0. The Morgan fingerprint density at radius 2 is 1.90 bits per heavy atom. The lowest BCUT2D eigenvalue weighted by Gasteiger charge is -2.14. The average molecular weight is 263 g/mol. The van der Waals surface area contributed by atoms with Crippen molar-refractivity contribution >= 4 is 0 Å². The summed E-state index contributed by atoms with van der Waals surface area (Å²) in [5.74, 6) is 1.36. The molecular weight excluding hydrogens is 246 g/mol. The molecule has 100 valence electrons. The molecule has 0 aliphatic rings. The van der Waals surface area contributed by atoms with E-state index in [0.29, 0.717) is 0 Å². The summed E-state index contributed by atoms with van der Waals surface area (Å²) in [6, 6.07) is 14.5. The van der Waals surface area contributed by atoms with Crippen molar-refractivity contribution in [3.8, 4) is 0 Å². The molecule has 0 spiro atoms. The van der Waals surface area contributed by atoms with Crippen molar-refractivity contribution in [2.45, 2.75) is 19.4 Å². The number of aromatic nitrogens is 3. The van der Waals surface area contributed by atoms with Crippen molar-refractivity contribution in [1.82, 2.24) is 14.5 Å². The Hall–Kier alpha value is -2.42. The zero-order valence-electron chi connectivity index (χ0n) is 11.5. The molecule has 0 N–H and O–H groups in total. The molecule has 0 aliphatic heterocycles. The van der Waals surface area contributed by atoms with Crippen LogP contribution in [0.1, 0.15) is 29.8 Å². The Kier molecular flexibility index (Phi) is 3.59. The topological polar surface area (TPSA) is 30.7 Å². The molecule has 3 heteroatoms. The minimum atomic E-state index is 0.280. The molecule has 0 bridgehead atoms. The molecule has 0 amide bonds. The number of hydrogen-bond acceptors (Lipinski definition) is 2. The van der Waals surface area contributed by atoms with E-state index in [1.165, 1.54) is 11.1 Å². The predicted octanol–water partition coefficient (Wildman–Crippen LogP) is 3.48. The maximum atomic E-state index is 4.53. The standard InChI is InChI=1S/C17H17N3/c1-14(16-7-3-2-4-8-16)17-19-10-11-20(17)13-15-6-5-9-18-12-15/h2-12,14H,13H2,1H3/t14-/m1/s1. The zero-order chi connectivity index (χ0) is 13.8. The molecule has 3 aromatic rings. The molecular formula is C17H17N3. The number of pyridine rings is 1. The summed E-state index contributed by atoms with van der Waals surface area (Å²) in [6.07, 6.45) is 7.59. The van der Waals surface area contributed by atoms with Gasteiger partial charge in [-0.2, -0.15) is 0 Å². The van der Waals surface area contributed by atoms with E-state index in [4.69, 9.17) is 0 Å². The van der Waals surface area contributed by atoms with Crippen molar-refractivity contribution in [2.24, 2.45) is 0 Å². The van der Waals surface area contributed by atoms with E-state index in [1.807, 2.05) is 30.7 Å². The first kappa shape index (κ1) is 12.6. The fourth-order valence-electron chi connectivity index (χ4n) is 2.41. The van der Waals surface area contributed by atoms with E-state index in [0.717, 1.165) is 12.4 Å². The van der Waals surface area contributed by atoms with Gasteiger partial charge in [0, 0.05) is 30.7 Å². The van der Waals surface area contributed by atoms with Gasteiger partial charge in [-0.25, -0.2) is 4.98 Å². The van der Waals surface area contributed by atoms with Gasteiger partial charge < -0.3 is 4.57 Å². The summed E-state index contributed by atoms with van der Waals surface area (Å²) in [7, 11) is 0. The van der Waals surface area contributed by atoms with Gasteiger partial charge in [-0.1, -0.05) is 43.3 Å². The normalized spacial score (nSPS) is 12.2. The van der Waals surface area contributed by atoms with Gasteiger partial charge in [0.2, 0.25) is 0 Å². The molecule has 2 heterocycles. The molecule has 2 aromatic heterocycles. The van der Waals surface area contributed by atoms with Crippen LogP contribution in [0, 0.1) is 0 Å². The van der Waals surface area contributed by atoms with Crippen LogP contribution in [0.3, 0.4) is 0 Å². The molecule has 1 atom stereocenters. The fourth-order valence-corrected chi connectivity index (χ4v) is 2.41. The van der Waals surface area contributed by atoms with Crippen LogP contribution in [0.25, 0.3) is 0 Å². The van der Waals surface area contributed by atoms with Crippen molar-refractivity contribution in [3.63, 3.8) is 0 Å². The molecule has 0 saturated heterocycles. The molecule has 0 radical (unpaired) electrons. The zero-order valence-corrected chi connectivity index (χ0v) is 11.5. The van der Waals surface area contributed by atoms with Crippen LogP contribution >= 0.6 is 0 Å². The average Bonchev–Trinajstić information content (AvgIpc) is 2.96. The summed E-state index contributed by atoms with van der Waals surface area (Å²) < 4.78 is 2.19. The Labute approximate surface area is 118 Å². The highest BCUT2D eigenvalue weighted by Gasteiger charge is 2.13. The van der Waals surface area contributed by atoms with Gasteiger partial charge in [-0.15, -0.1) is 0 Å². The molecule has 20 heavy (non-hydrogen) atoms. The molecule has 0 fully saturated rings. The van der Waals surface area contributed by atoms with Crippen molar-refractivity contribution < 1.29 is 0 Å². The molecule has 1 aromatic carbocycles. The summed E-state index contributed by atoms with van der Waals surface area (Å²) in [6.45, 7) is 3.00. The smallest absolute Gasteiger partial charge is 0.116 e. The van der Waals surface area contributed by atoms with E-state index in [1.54, 1.807) is 6.20 Å². The molecule has 0 unspecified atom stereocenters. The monoisotopic (exact) mass is 263 g/mol. The highest BCUT2D eigenvalue weighted by molar-refractivity contribution is 5.25. The van der Waals surface area contributed by atoms with Crippen LogP contribution in [-0.2, 0) is 6.54 Å². The minimum Gasteiger partial charge on any atom is -0.330 e. The Morgan fingerprint density at radius 1 is 1.05 bits per heavy atom. The van der Waals surface area contributed by atoms with Crippen LogP contribution in [-0.4, -0.2) is 14.5 Å². The van der Waals surface area contributed by atoms with Gasteiger partial charge in [0.25, 0.3) is 0 Å². The number of benzene rings is 1. The van der Waals surface area contributed by atoms with Crippen molar-refractivity contribution in [3.05, 3.63) is 84.2 Å². The van der Waals surface area contributed by atoms with Gasteiger partial charge >= 0.3 is 0 Å². The third kappa shape index (κ3) is 2.62. The van der Waals surface area contributed by atoms with E-state index < -0.39 is 0 Å². The summed E-state index contributed by atoms with van der Waals surface area (Å²) in [4.78, 5) is 8.70. The van der Waals surface area contributed by atoms with Gasteiger partial charge in [0.15, 0.2) is 0 Å². The van der Waals surface area contributed by atoms with Crippen LogP contribution in [0.4, 0.5) is 0 Å². The van der Waals surface area contributed by atoms with Crippen LogP contribution in [0.15, 0.2) is 67.3 Å². The largest absolute Gasteiger partial charge is 0.330 e. The predicted molar refractivity (Wildman–Crippen MR) is 79.5 cm³/mol. The second-order valence-corrected chi connectivity index (χ2v) is 4.91. The number of rotatable bonds is 4. The van der Waals surface area contributed by atoms with Gasteiger partial charge in [-0.05, 0) is 17.2 Å². The summed E-state index contributed by atoms with van der Waals surface area (Å²) >= 11 is 0. The highest BCUT2D eigenvalue weighted by Crippen LogP contribution is 2.22. The third-order valence-electron chi connectivity index (χ3n) is 3.51. The Bertz CT molecular complexity index is 659. The highest BCUT2D eigenvalue weighted by atomic mass is 15.1. The molecule has 3 rings (SSSR count).